The standard InChI is InChI=1S/C10H12INO2S/c11-9-3-8(6-15-9)10(13)12-4-7-1-2-14-5-7/h3,6-7H,1-2,4-5H2,(H,12,13). The molecule has 1 unspecified atom stereocenters. The number of thiophene rings is 1. The molecule has 5 heteroatoms. The highest BCUT2D eigenvalue weighted by Gasteiger charge is 2.16. The summed E-state index contributed by atoms with van der Waals surface area (Å²) in [7, 11) is 0. The van der Waals surface area contributed by atoms with Gasteiger partial charge in [0.05, 0.1) is 15.1 Å². The summed E-state index contributed by atoms with van der Waals surface area (Å²) in [6, 6.07) is 1.91. The molecule has 0 saturated carbocycles. The summed E-state index contributed by atoms with van der Waals surface area (Å²) in [5, 5.41) is 4.83. The molecular formula is C10H12INO2S. The fourth-order valence-electron chi connectivity index (χ4n) is 1.51. The lowest BCUT2D eigenvalue weighted by atomic mass is 10.1. The van der Waals surface area contributed by atoms with Crippen molar-refractivity contribution >= 4 is 39.8 Å². The summed E-state index contributed by atoms with van der Waals surface area (Å²) >= 11 is 3.81. The highest BCUT2D eigenvalue weighted by molar-refractivity contribution is 14.1. The van der Waals surface area contributed by atoms with Crippen molar-refractivity contribution in [2.45, 2.75) is 6.42 Å². The Morgan fingerprint density at radius 2 is 2.60 bits per heavy atom. The Labute approximate surface area is 106 Å². The molecule has 0 aliphatic carbocycles. The Morgan fingerprint density at radius 1 is 1.73 bits per heavy atom. The molecule has 1 aliphatic heterocycles. The molecule has 1 aromatic heterocycles. The molecule has 1 aliphatic rings. The lowest BCUT2D eigenvalue weighted by molar-refractivity contribution is 0.0945. The fourth-order valence-corrected chi connectivity index (χ4v) is 2.84. The third kappa shape index (κ3) is 3.15. The zero-order valence-electron chi connectivity index (χ0n) is 8.16. The lowest BCUT2D eigenvalue weighted by Gasteiger charge is -2.08. The Hall–Kier alpha value is -0.140. The highest BCUT2D eigenvalue weighted by Crippen LogP contribution is 2.17. The average molecular weight is 337 g/mol. The second-order valence-corrected chi connectivity index (χ2v) is 6.38. The van der Waals surface area contributed by atoms with Gasteiger partial charge in [0.15, 0.2) is 0 Å². The Morgan fingerprint density at radius 3 is 3.20 bits per heavy atom. The van der Waals surface area contributed by atoms with E-state index >= 15 is 0 Å². The smallest absolute Gasteiger partial charge is 0.252 e. The number of carbonyl (C=O) groups is 1. The number of halogens is 1. The van der Waals surface area contributed by atoms with Gasteiger partial charge in [-0.15, -0.1) is 11.3 Å². The molecule has 1 saturated heterocycles. The monoisotopic (exact) mass is 337 g/mol. The molecule has 3 nitrogen and oxygen atoms in total. The molecule has 0 aromatic carbocycles. The number of hydrogen-bond acceptors (Lipinski definition) is 3. The zero-order valence-corrected chi connectivity index (χ0v) is 11.1. The predicted molar refractivity (Wildman–Crippen MR) is 68.3 cm³/mol. The Kier molecular flexibility index (Phi) is 3.99. The van der Waals surface area contributed by atoms with Gasteiger partial charge in [-0.25, -0.2) is 0 Å². The zero-order chi connectivity index (χ0) is 10.7. The maximum Gasteiger partial charge on any atom is 0.252 e. The first-order valence-electron chi connectivity index (χ1n) is 4.85. The van der Waals surface area contributed by atoms with Crippen LogP contribution in [0.3, 0.4) is 0 Å². The van der Waals surface area contributed by atoms with Crippen LogP contribution in [-0.2, 0) is 4.74 Å². The molecule has 15 heavy (non-hydrogen) atoms. The van der Waals surface area contributed by atoms with Crippen molar-refractivity contribution in [1.82, 2.24) is 5.32 Å². The Bertz CT molecular complexity index is 347. The van der Waals surface area contributed by atoms with Crippen LogP contribution in [0.1, 0.15) is 16.8 Å². The molecule has 2 rings (SSSR count). The lowest BCUT2D eigenvalue weighted by Crippen LogP contribution is -2.29. The van der Waals surface area contributed by atoms with Crippen LogP contribution in [0.5, 0.6) is 0 Å². The number of rotatable bonds is 3. The van der Waals surface area contributed by atoms with E-state index in [-0.39, 0.29) is 5.91 Å². The van der Waals surface area contributed by atoms with Crippen LogP contribution in [0, 0.1) is 8.80 Å². The van der Waals surface area contributed by atoms with Gasteiger partial charge in [0.25, 0.3) is 5.91 Å². The number of nitrogens with one attached hydrogen (secondary N) is 1. The first kappa shape index (κ1) is 11.3. The van der Waals surface area contributed by atoms with E-state index in [1.165, 1.54) is 0 Å². The molecule has 2 heterocycles. The molecule has 1 atom stereocenters. The maximum atomic E-state index is 11.7. The van der Waals surface area contributed by atoms with Crippen molar-refractivity contribution in [1.29, 1.82) is 0 Å². The maximum absolute atomic E-state index is 11.7. The second-order valence-electron chi connectivity index (χ2n) is 3.58. The molecule has 0 spiro atoms. The molecule has 0 radical (unpaired) electrons. The number of hydrogen-bond donors (Lipinski definition) is 1. The minimum atomic E-state index is 0.0288. The SMILES string of the molecule is O=C(NCC1CCOC1)c1csc(I)c1. The average Bonchev–Trinajstić information content (AvgIpc) is 2.84. The van der Waals surface area contributed by atoms with Crippen molar-refractivity contribution in [3.8, 4) is 0 Å². The number of carbonyl (C=O) groups excluding carboxylic acids is 1. The summed E-state index contributed by atoms with van der Waals surface area (Å²) in [5.74, 6) is 0.521. The van der Waals surface area contributed by atoms with Gasteiger partial charge in [-0.1, -0.05) is 0 Å². The molecule has 82 valence electrons. The summed E-state index contributed by atoms with van der Waals surface area (Å²) < 4.78 is 6.39. The third-order valence-corrected chi connectivity index (χ3v) is 4.19. The van der Waals surface area contributed by atoms with Gasteiger partial charge in [0, 0.05) is 24.4 Å². The van der Waals surface area contributed by atoms with Crippen molar-refractivity contribution in [2.24, 2.45) is 5.92 Å². The van der Waals surface area contributed by atoms with Crippen LogP contribution in [-0.4, -0.2) is 25.7 Å². The van der Waals surface area contributed by atoms with Gasteiger partial charge in [-0.3, -0.25) is 4.79 Å². The summed E-state index contributed by atoms with van der Waals surface area (Å²) in [4.78, 5) is 11.7. The molecule has 1 aromatic rings. The van der Waals surface area contributed by atoms with E-state index in [0.717, 1.165) is 34.6 Å². The van der Waals surface area contributed by atoms with Crippen LogP contribution >= 0.6 is 33.9 Å². The van der Waals surface area contributed by atoms with Crippen molar-refractivity contribution in [3.05, 3.63) is 19.9 Å². The van der Waals surface area contributed by atoms with E-state index in [4.69, 9.17) is 4.74 Å². The van der Waals surface area contributed by atoms with Crippen LogP contribution in [0.15, 0.2) is 11.4 Å². The minimum Gasteiger partial charge on any atom is -0.381 e. The molecular weight excluding hydrogens is 325 g/mol. The topological polar surface area (TPSA) is 38.3 Å². The molecule has 1 N–H and O–H groups in total. The van der Waals surface area contributed by atoms with E-state index in [1.807, 2.05) is 11.4 Å². The van der Waals surface area contributed by atoms with Crippen molar-refractivity contribution in [3.63, 3.8) is 0 Å². The fraction of sp³-hybridized carbons (Fsp3) is 0.500. The first-order chi connectivity index (χ1) is 7.25. The van der Waals surface area contributed by atoms with E-state index in [0.29, 0.717) is 5.92 Å². The van der Waals surface area contributed by atoms with Gasteiger partial charge in [-0.2, -0.15) is 0 Å². The largest absolute Gasteiger partial charge is 0.381 e. The summed E-state index contributed by atoms with van der Waals surface area (Å²) in [6.45, 7) is 2.34. The molecule has 0 bridgehead atoms. The van der Waals surface area contributed by atoms with Gasteiger partial charge in [0.2, 0.25) is 0 Å². The number of amides is 1. The summed E-state index contributed by atoms with van der Waals surface area (Å²) in [6.07, 6.45) is 1.06. The highest BCUT2D eigenvalue weighted by atomic mass is 127. The van der Waals surface area contributed by atoms with Crippen LogP contribution < -0.4 is 5.32 Å². The predicted octanol–water partition coefficient (Wildman–Crippen LogP) is 2.12. The van der Waals surface area contributed by atoms with E-state index in [1.54, 1.807) is 11.3 Å². The molecule has 1 fully saturated rings. The van der Waals surface area contributed by atoms with Crippen LogP contribution in [0.4, 0.5) is 0 Å². The van der Waals surface area contributed by atoms with E-state index in [9.17, 15) is 4.79 Å². The van der Waals surface area contributed by atoms with E-state index < -0.39 is 0 Å². The van der Waals surface area contributed by atoms with Crippen LogP contribution in [0.25, 0.3) is 0 Å². The van der Waals surface area contributed by atoms with E-state index in [2.05, 4.69) is 27.9 Å². The van der Waals surface area contributed by atoms with Gasteiger partial charge in [0.1, 0.15) is 0 Å². The Balaban J connectivity index is 1.81. The normalized spacial score (nSPS) is 20.5. The van der Waals surface area contributed by atoms with Crippen molar-refractivity contribution in [2.75, 3.05) is 19.8 Å². The number of ether oxygens (including phenoxy) is 1. The van der Waals surface area contributed by atoms with Gasteiger partial charge >= 0.3 is 0 Å². The first-order valence-corrected chi connectivity index (χ1v) is 6.81. The third-order valence-electron chi connectivity index (χ3n) is 2.40. The second kappa shape index (κ2) is 5.27. The van der Waals surface area contributed by atoms with Crippen LogP contribution in [0.2, 0.25) is 0 Å². The van der Waals surface area contributed by atoms with Gasteiger partial charge in [-0.05, 0) is 35.1 Å². The summed E-state index contributed by atoms with van der Waals surface area (Å²) in [5.41, 5.74) is 0.767. The van der Waals surface area contributed by atoms with Gasteiger partial charge < -0.3 is 10.1 Å². The quantitative estimate of drug-likeness (QED) is 0.858. The molecule has 1 amide bonds. The van der Waals surface area contributed by atoms with Crippen molar-refractivity contribution < 1.29 is 9.53 Å². The minimum absolute atomic E-state index is 0.0288.